The minimum atomic E-state index is 0.525. The predicted octanol–water partition coefficient (Wildman–Crippen LogP) is 2.58. The molecule has 1 aromatic heterocycles. The molecule has 0 aliphatic carbocycles. The van der Waals surface area contributed by atoms with Gasteiger partial charge in [-0.2, -0.15) is 0 Å². The van der Waals surface area contributed by atoms with Crippen LogP contribution in [-0.4, -0.2) is 16.7 Å². The maximum absolute atomic E-state index is 5.53. The van der Waals surface area contributed by atoms with Crippen molar-refractivity contribution in [1.29, 1.82) is 0 Å². The Bertz CT molecular complexity index is 476. The Morgan fingerprint density at radius 1 is 1.11 bits per heavy atom. The molecule has 0 atom stereocenters. The van der Waals surface area contributed by atoms with Crippen molar-refractivity contribution < 1.29 is 4.42 Å². The monoisotopic (exact) mass is 245 g/mol. The van der Waals surface area contributed by atoms with Crippen LogP contribution in [0, 0.1) is 0 Å². The third-order valence-corrected chi connectivity index (χ3v) is 2.84. The van der Waals surface area contributed by atoms with Crippen LogP contribution in [0.25, 0.3) is 11.5 Å². The largest absolute Gasteiger partial charge is 0.421 e. The lowest BCUT2D eigenvalue weighted by Gasteiger charge is -2.00. The zero-order valence-electron chi connectivity index (χ0n) is 10.7. The third kappa shape index (κ3) is 3.17. The predicted molar refractivity (Wildman–Crippen MR) is 71.1 cm³/mol. The van der Waals surface area contributed by atoms with Crippen molar-refractivity contribution in [2.45, 2.75) is 32.6 Å². The molecule has 2 rings (SSSR count). The molecule has 0 spiro atoms. The average molecular weight is 245 g/mol. The Kier molecular flexibility index (Phi) is 4.47. The summed E-state index contributed by atoms with van der Waals surface area (Å²) < 4.78 is 5.53. The zero-order chi connectivity index (χ0) is 12.8. The molecule has 0 saturated heterocycles. The van der Waals surface area contributed by atoms with Crippen LogP contribution in [-0.2, 0) is 12.8 Å². The normalized spacial score (nSPS) is 10.8. The molecule has 0 bridgehead atoms. The summed E-state index contributed by atoms with van der Waals surface area (Å²) >= 11 is 0. The lowest BCUT2D eigenvalue weighted by atomic mass is 10.1. The van der Waals surface area contributed by atoms with E-state index in [-0.39, 0.29) is 0 Å². The first-order valence-electron chi connectivity index (χ1n) is 6.45. The van der Waals surface area contributed by atoms with E-state index in [0.29, 0.717) is 24.7 Å². The molecule has 2 aromatic rings. The zero-order valence-corrected chi connectivity index (χ0v) is 10.7. The van der Waals surface area contributed by atoms with Crippen LogP contribution >= 0.6 is 0 Å². The summed E-state index contributed by atoms with van der Waals surface area (Å²) in [5.41, 5.74) is 7.76. The molecule has 1 heterocycles. The second-order valence-corrected chi connectivity index (χ2v) is 4.34. The Labute approximate surface area is 107 Å². The molecule has 2 N–H and O–H groups in total. The van der Waals surface area contributed by atoms with E-state index >= 15 is 0 Å². The van der Waals surface area contributed by atoms with Crippen molar-refractivity contribution in [2.75, 3.05) is 6.54 Å². The molecule has 0 aliphatic rings. The molecule has 1 aromatic carbocycles. The number of aromatic nitrogens is 2. The van der Waals surface area contributed by atoms with Crippen molar-refractivity contribution >= 4 is 0 Å². The molecular formula is C14H19N3O. The van der Waals surface area contributed by atoms with Gasteiger partial charge in [0.25, 0.3) is 0 Å². The van der Waals surface area contributed by atoms with Crippen molar-refractivity contribution in [3.05, 3.63) is 35.7 Å². The van der Waals surface area contributed by atoms with Gasteiger partial charge in [-0.3, -0.25) is 0 Å². The maximum atomic E-state index is 5.53. The molecule has 0 amide bonds. The highest BCUT2D eigenvalue weighted by molar-refractivity contribution is 5.52. The van der Waals surface area contributed by atoms with Crippen LogP contribution in [0.4, 0.5) is 0 Å². The van der Waals surface area contributed by atoms with Gasteiger partial charge in [-0.1, -0.05) is 25.5 Å². The lowest BCUT2D eigenvalue weighted by molar-refractivity contribution is 0.507. The van der Waals surface area contributed by atoms with E-state index in [1.165, 1.54) is 18.4 Å². The quantitative estimate of drug-likeness (QED) is 0.849. The van der Waals surface area contributed by atoms with E-state index < -0.39 is 0 Å². The van der Waals surface area contributed by atoms with Gasteiger partial charge in [0.05, 0.1) is 0 Å². The summed E-state index contributed by atoms with van der Waals surface area (Å²) in [4.78, 5) is 0. The van der Waals surface area contributed by atoms with Gasteiger partial charge in [0.1, 0.15) is 0 Å². The lowest BCUT2D eigenvalue weighted by Crippen LogP contribution is -2.02. The fraction of sp³-hybridized carbons (Fsp3) is 0.429. The highest BCUT2D eigenvalue weighted by atomic mass is 16.4. The SMILES string of the molecule is CCCCc1ccc(-c2nnc(CCN)o2)cc1. The topological polar surface area (TPSA) is 64.9 Å². The summed E-state index contributed by atoms with van der Waals surface area (Å²) in [6, 6.07) is 8.31. The second kappa shape index (κ2) is 6.31. The maximum Gasteiger partial charge on any atom is 0.247 e. The summed E-state index contributed by atoms with van der Waals surface area (Å²) in [5, 5.41) is 7.98. The first-order chi connectivity index (χ1) is 8.83. The molecule has 0 saturated carbocycles. The fourth-order valence-corrected chi connectivity index (χ4v) is 1.79. The number of rotatable bonds is 6. The minimum Gasteiger partial charge on any atom is -0.421 e. The van der Waals surface area contributed by atoms with E-state index in [2.05, 4.69) is 29.3 Å². The number of unbranched alkanes of at least 4 members (excludes halogenated alkanes) is 1. The van der Waals surface area contributed by atoms with E-state index in [0.717, 1.165) is 12.0 Å². The molecule has 0 fully saturated rings. The van der Waals surface area contributed by atoms with Gasteiger partial charge in [-0.15, -0.1) is 10.2 Å². The fourth-order valence-electron chi connectivity index (χ4n) is 1.79. The smallest absolute Gasteiger partial charge is 0.247 e. The highest BCUT2D eigenvalue weighted by Crippen LogP contribution is 2.19. The van der Waals surface area contributed by atoms with Crippen molar-refractivity contribution in [2.24, 2.45) is 5.73 Å². The standard InChI is InChI=1S/C14H19N3O/c1-2-3-4-11-5-7-12(8-6-11)14-17-16-13(18-14)9-10-15/h5-8H,2-4,9-10,15H2,1H3. The molecular weight excluding hydrogens is 226 g/mol. The number of benzene rings is 1. The summed E-state index contributed by atoms with van der Waals surface area (Å²) in [6.07, 6.45) is 4.19. The molecule has 18 heavy (non-hydrogen) atoms. The summed E-state index contributed by atoms with van der Waals surface area (Å²) in [6.45, 7) is 2.73. The first-order valence-corrected chi connectivity index (χ1v) is 6.45. The van der Waals surface area contributed by atoms with Crippen LogP contribution in [0.2, 0.25) is 0 Å². The van der Waals surface area contributed by atoms with Crippen LogP contribution in [0.3, 0.4) is 0 Å². The number of aryl methyl sites for hydroxylation is 1. The third-order valence-electron chi connectivity index (χ3n) is 2.84. The molecule has 0 aliphatic heterocycles. The van der Waals surface area contributed by atoms with Crippen LogP contribution in [0.5, 0.6) is 0 Å². The Balaban J connectivity index is 2.07. The van der Waals surface area contributed by atoms with E-state index in [4.69, 9.17) is 10.2 Å². The molecule has 4 heteroatoms. The van der Waals surface area contributed by atoms with Gasteiger partial charge in [0.2, 0.25) is 11.8 Å². The average Bonchev–Trinajstić information content (AvgIpc) is 2.86. The first kappa shape index (κ1) is 12.8. The van der Waals surface area contributed by atoms with Crippen LogP contribution in [0.1, 0.15) is 31.2 Å². The molecule has 96 valence electrons. The van der Waals surface area contributed by atoms with Crippen LogP contribution < -0.4 is 5.73 Å². The van der Waals surface area contributed by atoms with E-state index in [1.807, 2.05) is 12.1 Å². The van der Waals surface area contributed by atoms with Crippen LogP contribution in [0.15, 0.2) is 28.7 Å². The Morgan fingerprint density at radius 3 is 2.56 bits per heavy atom. The van der Waals surface area contributed by atoms with Gasteiger partial charge in [-0.05, 0) is 30.5 Å². The summed E-state index contributed by atoms with van der Waals surface area (Å²) in [7, 11) is 0. The molecule has 0 unspecified atom stereocenters. The Morgan fingerprint density at radius 2 is 1.89 bits per heavy atom. The number of nitrogens with zero attached hydrogens (tertiary/aromatic N) is 2. The molecule has 4 nitrogen and oxygen atoms in total. The number of hydrogen-bond acceptors (Lipinski definition) is 4. The van der Waals surface area contributed by atoms with Crippen molar-refractivity contribution in [1.82, 2.24) is 10.2 Å². The van der Waals surface area contributed by atoms with Gasteiger partial charge in [-0.25, -0.2) is 0 Å². The van der Waals surface area contributed by atoms with Gasteiger partial charge >= 0.3 is 0 Å². The van der Waals surface area contributed by atoms with Crippen molar-refractivity contribution in [3.8, 4) is 11.5 Å². The second-order valence-electron chi connectivity index (χ2n) is 4.34. The minimum absolute atomic E-state index is 0.525. The van der Waals surface area contributed by atoms with E-state index in [1.54, 1.807) is 0 Å². The van der Waals surface area contributed by atoms with Gasteiger partial charge in [0, 0.05) is 18.5 Å². The van der Waals surface area contributed by atoms with Gasteiger partial charge in [0.15, 0.2) is 0 Å². The summed E-state index contributed by atoms with van der Waals surface area (Å²) in [5.74, 6) is 1.17. The van der Waals surface area contributed by atoms with Gasteiger partial charge < -0.3 is 10.2 Å². The van der Waals surface area contributed by atoms with E-state index in [9.17, 15) is 0 Å². The highest BCUT2D eigenvalue weighted by Gasteiger charge is 2.07. The molecule has 0 radical (unpaired) electrons. The van der Waals surface area contributed by atoms with Crippen molar-refractivity contribution in [3.63, 3.8) is 0 Å². The Hall–Kier alpha value is -1.68. The number of nitrogens with two attached hydrogens (primary N) is 1. The number of hydrogen-bond donors (Lipinski definition) is 1.